The van der Waals surface area contributed by atoms with E-state index < -0.39 is 0 Å². The summed E-state index contributed by atoms with van der Waals surface area (Å²) in [6, 6.07) is 56.0. The largest absolute Gasteiger partial charge is 3.00 e. The second kappa shape index (κ2) is 15.2. The number of benzene rings is 6. The van der Waals surface area contributed by atoms with Gasteiger partial charge in [0.05, 0.1) is 5.58 Å². The number of fused-ring (bicyclic) bond motifs is 15. The first kappa shape index (κ1) is 36.4. The van der Waals surface area contributed by atoms with E-state index in [0.29, 0.717) is 0 Å². The third-order valence-corrected chi connectivity index (χ3v) is 9.84. The first-order valence-electron chi connectivity index (χ1n) is 17.5. The van der Waals surface area contributed by atoms with Crippen molar-refractivity contribution in [1.29, 1.82) is 0 Å². The van der Waals surface area contributed by atoms with Crippen LogP contribution in [0, 0.1) is 40.3 Å². The number of nitrogens with zero attached hydrogens (tertiary/aromatic N) is 2. The van der Waals surface area contributed by atoms with E-state index in [-0.39, 0.29) is 27.5 Å². The molecular weight excluding hydrogens is 837 g/mol. The van der Waals surface area contributed by atoms with Gasteiger partial charge in [0.2, 0.25) is 0 Å². The van der Waals surface area contributed by atoms with Crippen molar-refractivity contribution < 1.29 is 24.5 Å². The summed E-state index contributed by atoms with van der Waals surface area (Å²) < 4.78 is 6.19. The fourth-order valence-electron chi connectivity index (χ4n) is 6.94. The monoisotopic (exact) mass is 874 g/mol. The topological polar surface area (TPSA) is 38.9 Å². The quantitative estimate of drug-likeness (QED) is 0.154. The minimum Gasteiger partial charge on any atom is -0.500 e. The average Bonchev–Trinajstić information content (AvgIpc) is 3.56. The summed E-state index contributed by atoms with van der Waals surface area (Å²) in [6.45, 7) is 6.22. The van der Waals surface area contributed by atoms with E-state index in [2.05, 4.69) is 146 Å². The van der Waals surface area contributed by atoms with Crippen molar-refractivity contribution in [2.45, 2.75) is 20.8 Å². The van der Waals surface area contributed by atoms with Gasteiger partial charge in [0, 0.05) is 17.8 Å². The molecule has 3 nitrogen and oxygen atoms in total. The Hall–Kier alpha value is -5.93. The molecule has 10 rings (SSSR count). The number of rotatable bonds is 1. The van der Waals surface area contributed by atoms with Gasteiger partial charge in [-0.05, 0) is 110 Å². The van der Waals surface area contributed by atoms with E-state index in [1.807, 2.05) is 43.6 Å². The zero-order valence-corrected chi connectivity index (χ0v) is 33.0. The SMILES string of the molecule is Cc1c[c-]c(-c2ccc(C)cn2)cc1.Cc1cnc2cc1c1cccc(c1)c1cccc(c1)c1cccc(c1)c1ccc3oc4c[c-]c2cc4c3c1.[CH3-].[Ir+3]. The van der Waals surface area contributed by atoms with Crippen LogP contribution in [0.3, 0.4) is 0 Å². The van der Waals surface area contributed by atoms with E-state index in [4.69, 9.17) is 9.40 Å². The molecule has 3 heterocycles. The van der Waals surface area contributed by atoms with Gasteiger partial charge >= 0.3 is 20.1 Å². The Morgan fingerprint density at radius 3 is 1.72 bits per heavy atom. The smallest absolute Gasteiger partial charge is 0.500 e. The predicted molar refractivity (Wildman–Crippen MR) is 225 cm³/mol. The summed E-state index contributed by atoms with van der Waals surface area (Å²) in [5.74, 6) is 0. The van der Waals surface area contributed by atoms with E-state index in [1.165, 1.54) is 48.8 Å². The van der Waals surface area contributed by atoms with Crippen LogP contribution in [0.25, 0.3) is 87.2 Å². The van der Waals surface area contributed by atoms with E-state index in [1.54, 1.807) is 0 Å². The second-order valence-corrected chi connectivity index (χ2v) is 13.6. The molecule has 0 fully saturated rings. The van der Waals surface area contributed by atoms with Gasteiger partial charge in [0.25, 0.3) is 0 Å². The molecule has 0 amide bonds. The zero-order chi connectivity index (χ0) is 35.2. The van der Waals surface area contributed by atoms with Gasteiger partial charge in [-0.2, -0.15) is 0 Å². The molecule has 0 aliphatic rings. The van der Waals surface area contributed by atoms with Crippen LogP contribution < -0.4 is 0 Å². The maximum atomic E-state index is 6.19. The van der Waals surface area contributed by atoms with E-state index in [9.17, 15) is 0 Å². The molecule has 0 unspecified atom stereocenters. The average molecular weight is 874 g/mol. The van der Waals surface area contributed by atoms with Gasteiger partial charge in [-0.15, -0.1) is 59.0 Å². The molecule has 0 aliphatic heterocycles. The predicted octanol–water partition coefficient (Wildman–Crippen LogP) is 13.6. The molecule has 262 valence electrons. The molecule has 3 aromatic heterocycles. The summed E-state index contributed by atoms with van der Waals surface area (Å²) in [5, 5.41) is 12.6. The number of pyridine rings is 2. The van der Waals surface area contributed by atoms with Gasteiger partial charge < -0.3 is 21.8 Å². The van der Waals surface area contributed by atoms with Crippen LogP contribution in [0.5, 0.6) is 0 Å². The van der Waals surface area contributed by atoms with Crippen molar-refractivity contribution in [3.8, 4) is 11.3 Å². The first-order valence-corrected chi connectivity index (χ1v) is 17.5. The van der Waals surface area contributed by atoms with Crippen molar-refractivity contribution in [1.82, 2.24) is 9.97 Å². The van der Waals surface area contributed by atoms with Crippen LogP contribution in [0.1, 0.15) is 16.7 Å². The maximum absolute atomic E-state index is 6.19. The van der Waals surface area contributed by atoms with Crippen LogP contribution >= 0.6 is 0 Å². The normalized spacial score (nSPS) is 10.9. The molecule has 0 aliphatic carbocycles. The molecule has 10 aromatic rings. The van der Waals surface area contributed by atoms with Crippen molar-refractivity contribution in [2.75, 3.05) is 0 Å². The summed E-state index contributed by atoms with van der Waals surface area (Å²) in [7, 11) is 0. The van der Waals surface area contributed by atoms with Gasteiger partial charge in [-0.25, -0.2) is 0 Å². The third kappa shape index (κ3) is 7.07. The Kier molecular flexibility index (Phi) is 10.3. The maximum Gasteiger partial charge on any atom is 3.00 e. The van der Waals surface area contributed by atoms with Crippen LogP contribution in [-0.4, -0.2) is 9.97 Å². The number of aromatic nitrogens is 2. The summed E-state index contributed by atoms with van der Waals surface area (Å²) >= 11 is 0. The molecule has 0 saturated heterocycles. The standard InChI is InChI=1S/C36H22NO.C13H12N.CH3.Ir/c1-22-21-37-34-20-31(22)29-10-4-9-27(17-29)25-7-2-5-23(15-25)24-6-3-8-26(16-24)28-11-13-35-32(18-28)33-19-30(34)12-14-36(33)38-35;1-10-3-6-12(7-4-10)13-8-5-11(2)9-14-13;;/h2-11,13-21H,1H3;3-6,8-9H,1-2H3;1H3;/q3*-1;+3. The minimum atomic E-state index is 0. The fraction of sp³-hybridized carbons (Fsp3) is 0.0600. The molecule has 0 saturated carbocycles. The van der Waals surface area contributed by atoms with Crippen LogP contribution in [0.2, 0.25) is 0 Å². The van der Waals surface area contributed by atoms with Gasteiger partial charge in [0.15, 0.2) is 0 Å². The van der Waals surface area contributed by atoms with Crippen LogP contribution in [0.4, 0.5) is 0 Å². The molecule has 0 spiro atoms. The third-order valence-electron chi connectivity index (χ3n) is 9.84. The molecule has 4 heteroatoms. The number of hydrogen-bond donors (Lipinski definition) is 0. The van der Waals surface area contributed by atoms with E-state index in [0.717, 1.165) is 55.0 Å². The first-order chi connectivity index (χ1) is 25.4. The summed E-state index contributed by atoms with van der Waals surface area (Å²) in [5.41, 5.74) is 8.19. The number of furan rings is 1. The summed E-state index contributed by atoms with van der Waals surface area (Å²) in [6.07, 6.45) is 3.84. The number of aryl methyl sites for hydroxylation is 3. The molecular formula is C50H37IrN2O. The van der Waals surface area contributed by atoms with Gasteiger partial charge in [-0.1, -0.05) is 91.2 Å². The second-order valence-electron chi connectivity index (χ2n) is 13.6. The van der Waals surface area contributed by atoms with Crippen molar-refractivity contribution >= 4 is 75.9 Å². The molecule has 0 atom stereocenters. The Morgan fingerprint density at radius 2 is 1.09 bits per heavy atom. The number of hydrogen-bond acceptors (Lipinski definition) is 3. The molecule has 7 aromatic carbocycles. The van der Waals surface area contributed by atoms with Crippen LogP contribution in [-0.2, 0) is 20.1 Å². The van der Waals surface area contributed by atoms with Gasteiger partial charge in [0.1, 0.15) is 5.58 Å². The Balaban J connectivity index is 0.000000239. The van der Waals surface area contributed by atoms with Crippen molar-refractivity contribution in [2.24, 2.45) is 0 Å². The molecule has 0 N–H and O–H groups in total. The van der Waals surface area contributed by atoms with E-state index >= 15 is 0 Å². The minimum absolute atomic E-state index is 0. The Morgan fingerprint density at radius 1 is 0.481 bits per heavy atom. The van der Waals surface area contributed by atoms with Crippen molar-refractivity contribution in [3.05, 3.63) is 188 Å². The molecule has 54 heavy (non-hydrogen) atoms. The Labute approximate surface area is 329 Å². The van der Waals surface area contributed by atoms with Crippen molar-refractivity contribution in [3.63, 3.8) is 0 Å². The fourth-order valence-corrected chi connectivity index (χ4v) is 6.94. The molecule has 0 radical (unpaired) electrons. The molecule has 12 bridgehead atoms. The van der Waals surface area contributed by atoms with Crippen LogP contribution in [0.15, 0.2) is 156 Å². The zero-order valence-electron chi connectivity index (χ0n) is 30.6. The Bertz CT molecular complexity index is 2990. The summed E-state index contributed by atoms with van der Waals surface area (Å²) in [4.78, 5) is 9.14. The van der Waals surface area contributed by atoms with Gasteiger partial charge in [-0.3, -0.25) is 0 Å².